The largest absolute Gasteiger partial charge is 0.487 e. The van der Waals surface area contributed by atoms with Crippen molar-refractivity contribution in [2.45, 2.75) is 45.9 Å². The molecule has 1 aliphatic carbocycles. The van der Waals surface area contributed by atoms with Crippen LogP contribution in [-0.2, 0) is 17.9 Å². The van der Waals surface area contributed by atoms with Crippen LogP contribution in [0.3, 0.4) is 0 Å². The Morgan fingerprint density at radius 1 is 1.03 bits per heavy atom. The molecule has 39 heavy (non-hydrogen) atoms. The first-order valence-electron chi connectivity index (χ1n) is 13.1. The van der Waals surface area contributed by atoms with Crippen molar-refractivity contribution in [2.75, 3.05) is 10.6 Å². The van der Waals surface area contributed by atoms with E-state index in [9.17, 15) is 4.79 Å². The summed E-state index contributed by atoms with van der Waals surface area (Å²) in [4.78, 5) is 13.5. The average molecular weight is 540 g/mol. The molecule has 0 spiro atoms. The summed E-state index contributed by atoms with van der Waals surface area (Å²) in [5.74, 6) is 0.867. The molecule has 6 rings (SSSR count). The fraction of sp³-hybridized carbons (Fsp3) is 0.258. The Morgan fingerprint density at radius 3 is 2.67 bits per heavy atom. The first-order valence-corrected chi connectivity index (χ1v) is 13.5. The molecule has 1 aliphatic heterocycles. The van der Waals surface area contributed by atoms with E-state index in [1.807, 2.05) is 79.0 Å². The lowest BCUT2D eigenvalue weighted by Gasteiger charge is -2.34. The Kier molecular flexibility index (Phi) is 6.61. The number of hydrogen-bond donors (Lipinski definition) is 2. The summed E-state index contributed by atoms with van der Waals surface area (Å²) in [7, 11) is 0. The molecular weight excluding hydrogens is 510 g/mol. The van der Waals surface area contributed by atoms with Gasteiger partial charge in [0, 0.05) is 22.7 Å². The fourth-order valence-electron chi connectivity index (χ4n) is 5.36. The molecule has 0 fully saturated rings. The molecule has 7 nitrogen and oxygen atoms in total. The SMILES string of the molecule is CC1(C)CC(=O)C2=C(C1)Nc1ccccc1NC2c1cccc(OCc2cn(Cc3ccccc3Cl)nn2)c1. The van der Waals surface area contributed by atoms with Gasteiger partial charge >= 0.3 is 0 Å². The summed E-state index contributed by atoms with van der Waals surface area (Å²) >= 11 is 6.29. The van der Waals surface area contributed by atoms with Crippen molar-refractivity contribution in [2.24, 2.45) is 5.41 Å². The summed E-state index contributed by atoms with van der Waals surface area (Å²) < 4.78 is 7.87. The standard InChI is InChI=1S/C31H30ClN5O2/c1-31(2)15-27-29(28(38)16-31)30(34-26-13-6-5-12-25(26)33-27)20-9-7-10-23(14-20)39-19-22-18-37(36-35-22)17-21-8-3-4-11-24(21)32/h3-14,18,30,33-34H,15-17,19H2,1-2H3. The highest BCUT2D eigenvalue weighted by molar-refractivity contribution is 6.31. The van der Waals surface area contributed by atoms with E-state index in [4.69, 9.17) is 16.3 Å². The minimum Gasteiger partial charge on any atom is -0.487 e. The fourth-order valence-corrected chi connectivity index (χ4v) is 5.56. The number of Topliss-reactive ketones (excluding diaryl/α,β-unsaturated/α-hetero) is 1. The maximum Gasteiger partial charge on any atom is 0.163 e. The molecule has 1 aromatic heterocycles. The Labute approximate surface area is 232 Å². The molecule has 198 valence electrons. The molecule has 2 aliphatic rings. The number of nitrogens with zero attached hydrogens (tertiary/aromatic N) is 3. The number of benzene rings is 3. The number of halogens is 1. The maximum atomic E-state index is 13.5. The number of carbonyl (C=O) groups excluding carboxylic acids is 1. The van der Waals surface area contributed by atoms with Gasteiger partial charge in [0.05, 0.1) is 30.2 Å². The third-order valence-corrected chi connectivity index (χ3v) is 7.54. The first kappa shape index (κ1) is 25.2. The van der Waals surface area contributed by atoms with Crippen LogP contribution < -0.4 is 15.4 Å². The molecule has 0 saturated heterocycles. The molecule has 2 N–H and O–H groups in total. The van der Waals surface area contributed by atoms with Gasteiger partial charge in [-0.25, -0.2) is 4.68 Å². The van der Waals surface area contributed by atoms with Crippen molar-refractivity contribution in [1.29, 1.82) is 0 Å². The molecule has 8 heteroatoms. The highest BCUT2D eigenvalue weighted by Gasteiger charge is 2.38. The Hall–Kier alpha value is -4.10. The van der Waals surface area contributed by atoms with Crippen LogP contribution in [0.2, 0.25) is 5.02 Å². The lowest BCUT2D eigenvalue weighted by molar-refractivity contribution is -0.118. The molecule has 0 saturated carbocycles. The van der Waals surface area contributed by atoms with Gasteiger partial charge in [-0.1, -0.05) is 73.1 Å². The molecule has 4 aromatic rings. The van der Waals surface area contributed by atoms with Crippen LogP contribution in [0.5, 0.6) is 5.75 Å². The molecule has 1 unspecified atom stereocenters. The zero-order valence-electron chi connectivity index (χ0n) is 21.9. The second-order valence-electron chi connectivity index (χ2n) is 10.9. The quantitative estimate of drug-likeness (QED) is 0.281. The topological polar surface area (TPSA) is 81.1 Å². The summed E-state index contributed by atoms with van der Waals surface area (Å²) in [6.45, 7) is 5.10. The van der Waals surface area contributed by atoms with E-state index >= 15 is 0 Å². The van der Waals surface area contributed by atoms with Gasteiger partial charge in [-0.15, -0.1) is 5.10 Å². The monoisotopic (exact) mass is 539 g/mol. The van der Waals surface area contributed by atoms with Crippen LogP contribution in [0, 0.1) is 5.41 Å². The second-order valence-corrected chi connectivity index (χ2v) is 11.3. The van der Waals surface area contributed by atoms with E-state index < -0.39 is 0 Å². The van der Waals surface area contributed by atoms with Gasteiger partial charge in [-0.2, -0.15) is 0 Å². The number of allylic oxidation sites excluding steroid dienone is 1. The zero-order valence-corrected chi connectivity index (χ0v) is 22.7. The van der Waals surface area contributed by atoms with Crippen LogP contribution in [0.4, 0.5) is 11.4 Å². The van der Waals surface area contributed by atoms with E-state index in [-0.39, 0.29) is 23.8 Å². The summed E-state index contributed by atoms with van der Waals surface area (Å²) in [5.41, 5.74) is 6.29. The smallest absolute Gasteiger partial charge is 0.163 e. The van der Waals surface area contributed by atoms with Crippen molar-refractivity contribution in [3.8, 4) is 5.75 Å². The van der Waals surface area contributed by atoms with Crippen LogP contribution in [0.25, 0.3) is 0 Å². The average Bonchev–Trinajstić information content (AvgIpc) is 3.28. The second kappa shape index (κ2) is 10.2. The normalized spacial score (nSPS) is 17.9. The van der Waals surface area contributed by atoms with Crippen molar-refractivity contribution in [1.82, 2.24) is 15.0 Å². The predicted octanol–water partition coefficient (Wildman–Crippen LogP) is 6.78. The number of ether oxygens (including phenoxy) is 1. The van der Waals surface area contributed by atoms with Crippen LogP contribution >= 0.6 is 11.6 Å². The Morgan fingerprint density at radius 2 is 1.82 bits per heavy atom. The van der Waals surface area contributed by atoms with Crippen molar-refractivity contribution in [3.05, 3.63) is 112 Å². The van der Waals surface area contributed by atoms with E-state index in [0.717, 1.165) is 40.2 Å². The third-order valence-electron chi connectivity index (χ3n) is 7.18. The van der Waals surface area contributed by atoms with Crippen LogP contribution in [0.1, 0.15) is 49.6 Å². The number of fused-ring (bicyclic) bond motifs is 1. The third kappa shape index (κ3) is 5.40. The zero-order chi connectivity index (χ0) is 27.0. The number of ketones is 1. The number of nitrogens with one attached hydrogen (secondary N) is 2. The number of aromatic nitrogens is 3. The van der Waals surface area contributed by atoms with Crippen LogP contribution in [-0.4, -0.2) is 20.8 Å². The van der Waals surface area contributed by atoms with E-state index in [0.29, 0.717) is 29.4 Å². The number of hydrogen-bond acceptors (Lipinski definition) is 6. The lowest BCUT2D eigenvalue weighted by Crippen LogP contribution is -2.31. The van der Waals surface area contributed by atoms with E-state index in [1.54, 1.807) is 4.68 Å². The van der Waals surface area contributed by atoms with Crippen molar-refractivity contribution < 1.29 is 9.53 Å². The van der Waals surface area contributed by atoms with Crippen molar-refractivity contribution in [3.63, 3.8) is 0 Å². The number of anilines is 2. The molecule has 0 bridgehead atoms. The van der Waals surface area contributed by atoms with Gasteiger partial charge in [-0.05, 0) is 53.3 Å². The summed E-state index contributed by atoms with van der Waals surface area (Å²) in [6, 6.07) is 23.4. The molecule has 0 radical (unpaired) electrons. The number of carbonyl (C=O) groups is 1. The van der Waals surface area contributed by atoms with Crippen molar-refractivity contribution >= 4 is 28.8 Å². The maximum absolute atomic E-state index is 13.5. The van der Waals surface area contributed by atoms with Gasteiger partial charge in [0.15, 0.2) is 5.78 Å². The highest BCUT2D eigenvalue weighted by Crippen LogP contribution is 2.45. The molecule has 1 atom stereocenters. The van der Waals surface area contributed by atoms with Gasteiger partial charge in [0.25, 0.3) is 0 Å². The first-order chi connectivity index (χ1) is 18.8. The minimum atomic E-state index is -0.292. The predicted molar refractivity (Wildman–Crippen MR) is 153 cm³/mol. The van der Waals surface area contributed by atoms with Gasteiger partial charge in [-0.3, -0.25) is 4.79 Å². The summed E-state index contributed by atoms with van der Waals surface area (Å²) in [5, 5.41) is 16.4. The Balaban J connectivity index is 1.23. The molecule has 3 aromatic carbocycles. The van der Waals surface area contributed by atoms with E-state index in [2.05, 4.69) is 34.8 Å². The Bertz CT molecular complexity index is 1570. The van der Waals surface area contributed by atoms with Crippen LogP contribution in [0.15, 0.2) is 90.3 Å². The number of rotatable bonds is 6. The van der Waals surface area contributed by atoms with Gasteiger partial charge in [0.1, 0.15) is 18.1 Å². The molecule has 2 heterocycles. The molecular formula is C31H30ClN5O2. The molecule has 0 amide bonds. The van der Waals surface area contributed by atoms with Gasteiger partial charge < -0.3 is 15.4 Å². The highest BCUT2D eigenvalue weighted by atomic mass is 35.5. The van der Waals surface area contributed by atoms with Gasteiger partial charge in [0.2, 0.25) is 0 Å². The minimum absolute atomic E-state index is 0.0962. The summed E-state index contributed by atoms with van der Waals surface area (Å²) in [6.07, 6.45) is 3.19. The number of para-hydroxylation sites is 2. The van der Waals surface area contributed by atoms with E-state index in [1.165, 1.54) is 0 Å². The lowest BCUT2D eigenvalue weighted by atomic mass is 9.73.